The van der Waals surface area contributed by atoms with Crippen LogP contribution in [0.1, 0.15) is 20.3 Å². The average Bonchev–Trinajstić information content (AvgIpc) is 3.25. The molecule has 0 atom stereocenters. The zero-order valence-corrected chi connectivity index (χ0v) is 19.0. The van der Waals surface area contributed by atoms with Gasteiger partial charge < -0.3 is 10.5 Å². The van der Waals surface area contributed by atoms with Crippen LogP contribution in [-0.4, -0.2) is 43.1 Å². The predicted octanol–water partition coefficient (Wildman–Crippen LogP) is 3.50. The smallest absolute Gasteiger partial charge is 0.284 e. The number of rotatable bonds is 8. The molecule has 0 amide bonds. The van der Waals surface area contributed by atoms with Crippen molar-refractivity contribution in [3.05, 3.63) is 66.9 Å². The van der Waals surface area contributed by atoms with Crippen molar-refractivity contribution < 1.29 is 13.5 Å². The fraction of sp³-hybridized carbons (Fsp3) is 0.250. The second-order valence-electron chi connectivity index (χ2n) is 7.85. The van der Waals surface area contributed by atoms with E-state index in [0.717, 1.165) is 20.5 Å². The van der Waals surface area contributed by atoms with Crippen LogP contribution in [0.5, 0.6) is 0 Å². The number of hydrogen-bond acceptors (Lipinski definition) is 5. The number of nitrogens with zero attached hydrogens (tertiary/aromatic N) is 3. The van der Waals surface area contributed by atoms with E-state index in [1.165, 1.54) is 0 Å². The Morgan fingerprint density at radius 3 is 2.41 bits per heavy atom. The van der Waals surface area contributed by atoms with Gasteiger partial charge in [-0.15, -0.1) is 0 Å². The zero-order valence-electron chi connectivity index (χ0n) is 18.2. The Hall–Kier alpha value is -3.23. The van der Waals surface area contributed by atoms with Crippen LogP contribution in [0.15, 0.2) is 71.8 Å². The predicted molar refractivity (Wildman–Crippen MR) is 126 cm³/mol. The summed E-state index contributed by atoms with van der Waals surface area (Å²) in [5.41, 5.74) is 1.41. The normalized spacial score (nSPS) is 12.4. The Morgan fingerprint density at radius 2 is 1.69 bits per heavy atom. The third-order valence-corrected chi connectivity index (χ3v) is 7.96. The van der Waals surface area contributed by atoms with E-state index in [1.54, 1.807) is 30.5 Å². The minimum atomic E-state index is -3.94. The van der Waals surface area contributed by atoms with Gasteiger partial charge in [0.2, 0.25) is 0 Å². The minimum absolute atomic E-state index is 0.139. The van der Waals surface area contributed by atoms with Crippen LogP contribution in [0.3, 0.4) is 0 Å². The summed E-state index contributed by atoms with van der Waals surface area (Å²) in [6.45, 7) is 5.98. The molecule has 3 aromatic carbocycles. The van der Waals surface area contributed by atoms with Crippen LogP contribution in [0.25, 0.3) is 21.7 Å². The summed E-state index contributed by atoms with van der Waals surface area (Å²) in [6.07, 6.45) is 1.73. The van der Waals surface area contributed by atoms with E-state index < -0.39 is 15.9 Å². The van der Waals surface area contributed by atoms with Gasteiger partial charge in [0.05, 0.1) is 41.6 Å². The largest absolute Gasteiger partial charge is 0.862 e. The van der Waals surface area contributed by atoms with Crippen LogP contribution in [0, 0.1) is 5.41 Å². The molecule has 32 heavy (non-hydrogen) atoms. The Morgan fingerprint density at radius 1 is 1.00 bits per heavy atom. The van der Waals surface area contributed by atoms with Crippen LogP contribution in [0.4, 0.5) is 5.69 Å². The topological polar surface area (TPSA) is 98.9 Å². The van der Waals surface area contributed by atoms with Crippen molar-refractivity contribution in [1.29, 1.82) is 5.41 Å². The molecular weight excluding hydrogens is 424 g/mol. The van der Waals surface area contributed by atoms with Gasteiger partial charge in [0.25, 0.3) is 10.0 Å². The van der Waals surface area contributed by atoms with Gasteiger partial charge >= 0.3 is 0 Å². The fourth-order valence-corrected chi connectivity index (χ4v) is 5.94. The lowest BCUT2D eigenvalue weighted by molar-refractivity contribution is -0.220. The SMILES string of the molecule is CC[N+](CC)(CCC(=N)[O-])c1cccc2c1cnn2S(=O)(=O)c1cccc2ccccc12. The van der Waals surface area contributed by atoms with E-state index in [0.29, 0.717) is 35.0 Å². The summed E-state index contributed by atoms with van der Waals surface area (Å²) in [7, 11) is -3.94. The number of quaternary nitrogens is 1. The first kappa shape index (κ1) is 22.0. The summed E-state index contributed by atoms with van der Waals surface area (Å²) in [6, 6.07) is 18.2. The van der Waals surface area contributed by atoms with E-state index >= 15 is 0 Å². The number of hydrogen-bond donors (Lipinski definition) is 1. The van der Waals surface area contributed by atoms with Gasteiger partial charge in [-0.05, 0) is 43.3 Å². The third kappa shape index (κ3) is 3.55. The van der Waals surface area contributed by atoms with E-state index in [9.17, 15) is 13.5 Å². The molecule has 0 aliphatic carbocycles. The van der Waals surface area contributed by atoms with Crippen molar-refractivity contribution in [2.75, 3.05) is 19.6 Å². The molecule has 0 radical (unpaired) electrons. The average molecular weight is 451 g/mol. The summed E-state index contributed by atoms with van der Waals surface area (Å²) in [5.74, 6) is -0.601. The van der Waals surface area contributed by atoms with Crippen molar-refractivity contribution in [1.82, 2.24) is 13.7 Å². The van der Waals surface area contributed by atoms with Crippen molar-refractivity contribution in [2.24, 2.45) is 0 Å². The number of aromatic nitrogens is 2. The van der Waals surface area contributed by atoms with Crippen LogP contribution in [-0.2, 0) is 10.0 Å². The molecule has 0 aliphatic heterocycles. The summed E-state index contributed by atoms with van der Waals surface area (Å²) < 4.78 is 28.9. The lowest BCUT2D eigenvalue weighted by Gasteiger charge is -2.37. The number of benzene rings is 3. The highest BCUT2D eigenvalue weighted by Crippen LogP contribution is 2.34. The van der Waals surface area contributed by atoms with Crippen molar-refractivity contribution >= 4 is 43.3 Å². The van der Waals surface area contributed by atoms with Gasteiger partial charge in [0.1, 0.15) is 5.69 Å². The maximum absolute atomic E-state index is 13.7. The first-order valence-electron chi connectivity index (χ1n) is 10.7. The van der Waals surface area contributed by atoms with E-state index in [2.05, 4.69) is 5.10 Å². The van der Waals surface area contributed by atoms with Crippen LogP contribution in [0.2, 0.25) is 0 Å². The maximum Gasteiger partial charge on any atom is 0.284 e. The van der Waals surface area contributed by atoms with E-state index in [1.807, 2.05) is 50.2 Å². The first-order valence-corrected chi connectivity index (χ1v) is 12.1. The van der Waals surface area contributed by atoms with Gasteiger partial charge in [0, 0.05) is 11.8 Å². The number of nitrogens with one attached hydrogen (secondary N) is 1. The highest BCUT2D eigenvalue weighted by atomic mass is 32.2. The van der Waals surface area contributed by atoms with E-state index in [-0.39, 0.29) is 11.3 Å². The lowest BCUT2D eigenvalue weighted by atomic mass is 10.1. The molecule has 4 aromatic rings. The fourth-order valence-electron chi connectivity index (χ4n) is 4.45. The molecule has 0 unspecified atom stereocenters. The Bertz CT molecular complexity index is 1400. The van der Waals surface area contributed by atoms with Gasteiger partial charge in [0.15, 0.2) is 0 Å². The lowest BCUT2D eigenvalue weighted by Crippen LogP contribution is -2.50. The molecule has 1 N–H and O–H groups in total. The molecule has 0 saturated carbocycles. The maximum atomic E-state index is 13.7. The Labute approximate surface area is 187 Å². The molecule has 0 fully saturated rings. The highest BCUT2D eigenvalue weighted by molar-refractivity contribution is 7.90. The molecule has 7 nitrogen and oxygen atoms in total. The van der Waals surface area contributed by atoms with Crippen LogP contribution < -0.4 is 9.59 Å². The molecule has 4 rings (SSSR count). The molecule has 0 bridgehead atoms. The molecule has 0 aliphatic rings. The van der Waals surface area contributed by atoms with Crippen molar-refractivity contribution in [3.8, 4) is 0 Å². The highest BCUT2D eigenvalue weighted by Gasteiger charge is 2.31. The quantitative estimate of drug-likeness (QED) is 0.252. The van der Waals surface area contributed by atoms with Gasteiger partial charge in [-0.2, -0.15) is 17.6 Å². The molecule has 166 valence electrons. The monoisotopic (exact) mass is 450 g/mol. The molecule has 0 spiro atoms. The third-order valence-electron chi connectivity index (χ3n) is 6.30. The standard InChI is InChI=1S/C24H26N4O3S/c1-3-28(4-2,16-15-24(25)29)22-13-8-12-21-20(22)17-26-27(21)32(30,31)23-14-7-10-18-9-5-6-11-19(18)23/h5-14,17H,3-4,15-16H2,1-2H3,(H-,25,29). The van der Waals surface area contributed by atoms with Gasteiger partial charge in [-0.3, -0.25) is 4.48 Å². The Kier molecular flexibility index (Phi) is 5.75. The second kappa shape index (κ2) is 8.37. The summed E-state index contributed by atoms with van der Waals surface area (Å²) in [4.78, 5) is 0.206. The molecule has 1 heterocycles. The van der Waals surface area contributed by atoms with E-state index in [4.69, 9.17) is 5.41 Å². The summed E-state index contributed by atoms with van der Waals surface area (Å²) in [5, 5.41) is 25.2. The first-order chi connectivity index (χ1) is 15.3. The Balaban J connectivity index is 1.90. The number of fused-ring (bicyclic) bond motifs is 2. The molecular formula is C24H26N4O3S. The van der Waals surface area contributed by atoms with Crippen LogP contribution >= 0.6 is 0 Å². The minimum Gasteiger partial charge on any atom is -0.862 e. The van der Waals surface area contributed by atoms with Gasteiger partial charge in [-0.1, -0.05) is 42.5 Å². The molecule has 8 heteroatoms. The second-order valence-corrected chi connectivity index (χ2v) is 9.59. The molecule has 1 aromatic heterocycles. The van der Waals surface area contributed by atoms with Gasteiger partial charge in [-0.25, -0.2) is 0 Å². The molecule has 0 saturated heterocycles. The van der Waals surface area contributed by atoms with Crippen molar-refractivity contribution in [2.45, 2.75) is 25.2 Å². The van der Waals surface area contributed by atoms with Crippen molar-refractivity contribution in [3.63, 3.8) is 0 Å². The zero-order chi connectivity index (χ0) is 22.9. The summed E-state index contributed by atoms with van der Waals surface area (Å²) >= 11 is 0.